The molecule has 6 heteroatoms. The zero-order chi connectivity index (χ0) is 14.7. The molecule has 1 fully saturated rings. The van der Waals surface area contributed by atoms with Gasteiger partial charge in [0.05, 0.1) is 12.7 Å². The van der Waals surface area contributed by atoms with Gasteiger partial charge in [0.2, 0.25) is 0 Å². The highest BCUT2D eigenvalue weighted by Crippen LogP contribution is 2.25. The van der Waals surface area contributed by atoms with E-state index in [1.807, 2.05) is 0 Å². The summed E-state index contributed by atoms with van der Waals surface area (Å²) < 4.78 is 5.04. The molecule has 0 radical (unpaired) electrons. The highest BCUT2D eigenvalue weighted by molar-refractivity contribution is 6.01. The van der Waals surface area contributed by atoms with Crippen LogP contribution in [0, 0.1) is 0 Å². The first kappa shape index (κ1) is 14.2. The molecule has 3 N–H and O–H groups in total. The number of hydrogen-bond donors (Lipinski definition) is 2. The smallest absolute Gasteiger partial charge is 0.326 e. The van der Waals surface area contributed by atoms with Crippen LogP contribution in [0.2, 0.25) is 0 Å². The van der Waals surface area contributed by atoms with Gasteiger partial charge >= 0.3 is 5.97 Å². The number of amides is 1. The molecule has 2 rings (SSSR count). The molecule has 1 atom stereocenters. The quantitative estimate of drug-likeness (QED) is 0.814. The second-order valence-electron chi connectivity index (χ2n) is 4.80. The van der Waals surface area contributed by atoms with E-state index in [-0.39, 0.29) is 5.91 Å². The largest absolute Gasteiger partial charge is 0.497 e. The Hall–Kier alpha value is -2.24. The SMILES string of the molecule is COc1ccc(C(=O)N2CCCC[C@@H]2C(=O)O)c(N)c1. The maximum absolute atomic E-state index is 12.5. The summed E-state index contributed by atoms with van der Waals surface area (Å²) in [7, 11) is 1.52. The van der Waals surface area contributed by atoms with E-state index in [1.54, 1.807) is 18.2 Å². The molecule has 1 saturated heterocycles. The number of anilines is 1. The Labute approximate surface area is 117 Å². The Morgan fingerprint density at radius 2 is 2.15 bits per heavy atom. The molecule has 0 bridgehead atoms. The third-order valence-corrected chi connectivity index (χ3v) is 3.54. The summed E-state index contributed by atoms with van der Waals surface area (Å²) in [5.74, 6) is -0.741. The average Bonchev–Trinajstić information content (AvgIpc) is 2.46. The minimum Gasteiger partial charge on any atom is -0.497 e. The normalized spacial score (nSPS) is 18.6. The summed E-state index contributed by atoms with van der Waals surface area (Å²) in [6, 6.07) is 4.01. The molecule has 6 nitrogen and oxygen atoms in total. The number of carboxylic acids is 1. The molecule has 1 aliphatic rings. The minimum atomic E-state index is -0.967. The fourth-order valence-corrected chi connectivity index (χ4v) is 2.45. The first-order valence-corrected chi connectivity index (χ1v) is 6.52. The van der Waals surface area contributed by atoms with Crippen molar-refractivity contribution in [2.24, 2.45) is 0 Å². The molecule has 108 valence electrons. The average molecular weight is 278 g/mol. The maximum Gasteiger partial charge on any atom is 0.326 e. The van der Waals surface area contributed by atoms with E-state index in [9.17, 15) is 14.7 Å². The molecule has 1 amide bonds. The van der Waals surface area contributed by atoms with Crippen LogP contribution < -0.4 is 10.5 Å². The minimum absolute atomic E-state index is 0.295. The molecule has 1 aliphatic heterocycles. The van der Waals surface area contributed by atoms with E-state index in [0.717, 1.165) is 12.8 Å². The van der Waals surface area contributed by atoms with Crippen molar-refractivity contribution in [3.05, 3.63) is 23.8 Å². The Bertz CT molecular complexity index is 530. The molecular formula is C14H18N2O4. The number of methoxy groups -OCH3 is 1. The van der Waals surface area contributed by atoms with Crippen molar-refractivity contribution < 1.29 is 19.4 Å². The molecule has 20 heavy (non-hydrogen) atoms. The van der Waals surface area contributed by atoms with Crippen molar-refractivity contribution in [2.45, 2.75) is 25.3 Å². The van der Waals surface area contributed by atoms with Crippen molar-refractivity contribution in [1.82, 2.24) is 4.90 Å². The third kappa shape index (κ3) is 2.68. The lowest BCUT2D eigenvalue weighted by Gasteiger charge is -2.33. The van der Waals surface area contributed by atoms with Crippen LogP contribution in [0.5, 0.6) is 5.75 Å². The molecular weight excluding hydrogens is 260 g/mol. The maximum atomic E-state index is 12.5. The zero-order valence-corrected chi connectivity index (χ0v) is 11.3. The summed E-state index contributed by atoms with van der Waals surface area (Å²) >= 11 is 0. The Balaban J connectivity index is 2.27. The van der Waals surface area contributed by atoms with E-state index >= 15 is 0 Å². The number of ether oxygens (including phenoxy) is 1. The predicted molar refractivity (Wildman–Crippen MR) is 73.7 cm³/mol. The molecule has 0 spiro atoms. The highest BCUT2D eigenvalue weighted by Gasteiger charge is 2.33. The second-order valence-corrected chi connectivity index (χ2v) is 4.80. The van der Waals surface area contributed by atoms with Gasteiger partial charge in [-0.3, -0.25) is 4.79 Å². The Kier molecular flexibility index (Phi) is 4.12. The van der Waals surface area contributed by atoms with Crippen molar-refractivity contribution in [2.75, 3.05) is 19.4 Å². The predicted octanol–water partition coefficient (Wildman–Crippen LogP) is 1.36. The van der Waals surface area contributed by atoms with Crippen molar-refractivity contribution >= 4 is 17.6 Å². The number of nitrogens with two attached hydrogens (primary N) is 1. The number of nitrogen functional groups attached to an aromatic ring is 1. The molecule has 0 aliphatic carbocycles. The number of carboxylic acid groups (broad SMARTS) is 1. The van der Waals surface area contributed by atoms with Crippen LogP contribution in [0.1, 0.15) is 29.6 Å². The van der Waals surface area contributed by atoms with Crippen molar-refractivity contribution in [3.63, 3.8) is 0 Å². The monoisotopic (exact) mass is 278 g/mol. The van der Waals surface area contributed by atoms with Gasteiger partial charge in [-0.15, -0.1) is 0 Å². The molecule has 0 unspecified atom stereocenters. The van der Waals surface area contributed by atoms with Gasteiger partial charge in [-0.1, -0.05) is 0 Å². The number of likely N-dealkylation sites (tertiary alicyclic amines) is 1. The van der Waals surface area contributed by atoms with E-state index in [0.29, 0.717) is 30.0 Å². The van der Waals surface area contributed by atoms with Gasteiger partial charge in [0.1, 0.15) is 11.8 Å². The molecule has 0 aromatic heterocycles. The van der Waals surface area contributed by atoms with Crippen LogP contribution in [-0.4, -0.2) is 41.6 Å². The number of nitrogens with zero attached hydrogens (tertiary/aromatic N) is 1. The summed E-state index contributed by atoms with van der Waals surface area (Å²) in [5, 5.41) is 9.21. The van der Waals surface area contributed by atoms with Gasteiger partial charge < -0.3 is 20.5 Å². The fraction of sp³-hybridized carbons (Fsp3) is 0.429. The summed E-state index contributed by atoms with van der Waals surface area (Å²) in [4.78, 5) is 25.1. The van der Waals surface area contributed by atoms with E-state index in [2.05, 4.69) is 0 Å². The first-order valence-electron chi connectivity index (χ1n) is 6.52. The Morgan fingerprint density at radius 3 is 2.75 bits per heavy atom. The fourth-order valence-electron chi connectivity index (χ4n) is 2.45. The molecule has 1 aromatic rings. The van der Waals surface area contributed by atoms with Gasteiger partial charge in [-0.05, 0) is 31.4 Å². The van der Waals surface area contributed by atoms with E-state index in [1.165, 1.54) is 12.0 Å². The summed E-state index contributed by atoms with van der Waals surface area (Å²) in [6.45, 7) is 0.446. The van der Waals surface area contributed by atoms with E-state index < -0.39 is 12.0 Å². The lowest BCUT2D eigenvalue weighted by atomic mass is 10.0. The van der Waals surface area contributed by atoms with Gasteiger partial charge in [0.15, 0.2) is 0 Å². The van der Waals surface area contributed by atoms with Crippen LogP contribution in [0.15, 0.2) is 18.2 Å². The van der Waals surface area contributed by atoms with Crippen molar-refractivity contribution in [1.29, 1.82) is 0 Å². The van der Waals surface area contributed by atoms with Gasteiger partial charge in [-0.2, -0.15) is 0 Å². The number of benzene rings is 1. The van der Waals surface area contributed by atoms with Crippen LogP contribution in [0.25, 0.3) is 0 Å². The Morgan fingerprint density at radius 1 is 1.40 bits per heavy atom. The first-order chi connectivity index (χ1) is 9.54. The van der Waals surface area contributed by atoms with Gasteiger partial charge in [0.25, 0.3) is 5.91 Å². The van der Waals surface area contributed by atoms with Crippen LogP contribution in [0.4, 0.5) is 5.69 Å². The molecule has 1 heterocycles. The van der Waals surface area contributed by atoms with E-state index in [4.69, 9.17) is 10.5 Å². The van der Waals surface area contributed by atoms with Gasteiger partial charge in [0, 0.05) is 18.3 Å². The highest BCUT2D eigenvalue weighted by atomic mass is 16.5. The number of piperidine rings is 1. The second kappa shape index (κ2) is 5.81. The number of hydrogen-bond acceptors (Lipinski definition) is 4. The number of rotatable bonds is 3. The van der Waals surface area contributed by atoms with Crippen molar-refractivity contribution in [3.8, 4) is 5.75 Å². The number of carbonyl (C=O) groups is 2. The molecule has 1 aromatic carbocycles. The van der Waals surface area contributed by atoms with Crippen LogP contribution >= 0.6 is 0 Å². The number of aliphatic carboxylic acids is 1. The lowest BCUT2D eigenvalue weighted by Crippen LogP contribution is -2.48. The van der Waals surface area contributed by atoms with Crippen LogP contribution in [-0.2, 0) is 4.79 Å². The summed E-state index contributed by atoms with van der Waals surface area (Å²) in [5.41, 5.74) is 6.47. The zero-order valence-electron chi connectivity index (χ0n) is 11.3. The summed E-state index contributed by atoms with van der Waals surface area (Å²) in [6.07, 6.45) is 2.11. The topological polar surface area (TPSA) is 92.9 Å². The third-order valence-electron chi connectivity index (χ3n) is 3.54. The molecule has 0 saturated carbocycles. The van der Waals surface area contributed by atoms with Gasteiger partial charge in [-0.25, -0.2) is 4.79 Å². The van der Waals surface area contributed by atoms with Crippen LogP contribution in [0.3, 0.4) is 0 Å². The standard InChI is InChI=1S/C14H18N2O4/c1-20-9-5-6-10(11(15)8-9)13(17)16-7-3-2-4-12(16)14(18)19/h5-6,8,12H,2-4,7,15H2,1H3,(H,18,19)/t12-/m1/s1. The lowest BCUT2D eigenvalue weighted by molar-refractivity contribution is -0.143. The number of carbonyl (C=O) groups excluding carboxylic acids is 1.